The van der Waals surface area contributed by atoms with E-state index in [2.05, 4.69) is 71.3 Å². The molecular formula is C12H15Br3N4S. The van der Waals surface area contributed by atoms with Gasteiger partial charge in [-0.05, 0) is 73.3 Å². The third-order valence-corrected chi connectivity index (χ3v) is 6.53. The molecule has 1 unspecified atom stereocenters. The Labute approximate surface area is 147 Å². The van der Waals surface area contributed by atoms with Gasteiger partial charge in [-0.15, -0.1) is 11.3 Å². The van der Waals surface area contributed by atoms with Gasteiger partial charge in [-0.3, -0.25) is 16.0 Å². The predicted octanol–water partition coefficient (Wildman–Crippen LogP) is 4.31. The van der Waals surface area contributed by atoms with Gasteiger partial charge in [-0.1, -0.05) is 0 Å². The van der Waals surface area contributed by atoms with Crippen molar-refractivity contribution in [2.24, 2.45) is 5.84 Å². The van der Waals surface area contributed by atoms with Crippen LogP contribution in [-0.2, 0) is 13.0 Å². The molecule has 0 aliphatic heterocycles. The van der Waals surface area contributed by atoms with Crippen molar-refractivity contribution >= 4 is 59.1 Å². The highest BCUT2D eigenvalue weighted by molar-refractivity contribution is 9.12. The van der Waals surface area contributed by atoms with E-state index in [-0.39, 0.29) is 6.04 Å². The van der Waals surface area contributed by atoms with Crippen molar-refractivity contribution in [1.29, 1.82) is 0 Å². The minimum Gasteiger partial charge on any atom is -0.271 e. The normalized spacial score (nSPS) is 12.9. The first-order valence-electron chi connectivity index (χ1n) is 6.10. The molecule has 0 spiro atoms. The van der Waals surface area contributed by atoms with Crippen LogP contribution in [-0.4, -0.2) is 9.78 Å². The van der Waals surface area contributed by atoms with E-state index in [1.54, 1.807) is 11.3 Å². The number of rotatable bonds is 5. The van der Waals surface area contributed by atoms with E-state index in [4.69, 9.17) is 5.84 Å². The summed E-state index contributed by atoms with van der Waals surface area (Å²) in [4.78, 5) is 0. The van der Waals surface area contributed by atoms with Gasteiger partial charge in [0.05, 0.1) is 29.5 Å². The van der Waals surface area contributed by atoms with E-state index in [1.165, 1.54) is 0 Å². The smallest absolute Gasteiger partial charge is 0.0758 e. The fraction of sp³-hybridized carbons (Fsp3) is 0.417. The molecule has 20 heavy (non-hydrogen) atoms. The molecule has 0 aliphatic carbocycles. The van der Waals surface area contributed by atoms with Crippen molar-refractivity contribution in [3.63, 3.8) is 0 Å². The van der Waals surface area contributed by atoms with Gasteiger partial charge in [0.25, 0.3) is 0 Å². The minimum atomic E-state index is 0.0321. The Kier molecular flexibility index (Phi) is 5.84. The summed E-state index contributed by atoms with van der Waals surface area (Å²) in [5.74, 6) is 5.75. The zero-order valence-electron chi connectivity index (χ0n) is 11.1. The Balaban J connectivity index is 2.34. The van der Waals surface area contributed by atoms with Gasteiger partial charge in [0.15, 0.2) is 0 Å². The van der Waals surface area contributed by atoms with Crippen LogP contribution >= 0.6 is 59.1 Å². The molecule has 3 N–H and O–H groups in total. The summed E-state index contributed by atoms with van der Waals surface area (Å²) in [6.07, 6.45) is 0.771. The molecule has 0 saturated heterocycles. The van der Waals surface area contributed by atoms with Crippen molar-refractivity contribution < 1.29 is 0 Å². The van der Waals surface area contributed by atoms with E-state index >= 15 is 0 Å². The highest BCUT2D eigenvalue weighted by atomic mass is 79.9. The molecule has 0 radical (unpaired) electrons. The number of halogens is 3. The van der Waals surface area contributed by atoms with Crippen LogP contribution in [0.3, 0.4) is 0 Å². The maximum absolute atomic E-state index is 5.75. The molecular weight excluding hydrogens is 472 g/mol. The Morgan fingerprint density at radius 1 is 1.45 bits per heavy atom. The van der Waals surface area contributed by atoms with Crippen LogP contribution in [0.1, 0.15) is 29.9 Å². The Morgan fingerprint density at radius 3 is 2.65 bits per heavy atom. The topological polar surface area (TPSA) is 55.9 Å². The molecule has 110 valence electrons. The molecule has 0 saturated carbocycles. The minimum absolute atomic E-state index is 0.0321. The third kappa shape index (κ3) is 3.36. The fourth-order valence-electron chi connectivity index (χ4n) is 2.11. The molecule has 2 aromatic rings. The van der Waals surface area contributed by atoms with E-state index in [0.29, 0.717) is 0 Å². The SMILES string of the molecule is CCn1nc(C)c(Br)c1CC(NN)c1cc(Br)sc1Br. The average molecular weight is 487 g/mol. The van der Waals surface area contributed by atoms with Gasteiger partial charge in [-0.25, -0.2) is 0 Å². The first-order valence-corrected chi connectivity index (χ1v) is 9.30. The summed E-state index contributed by atoms with van der Waals surface area (Å²) in [6.45, 7) is 4.93. The lowest BCUT2D eigenvalue weighted by Crippen LogP contribution is -2.30. The van der Waals surface area contributed by atoms with Crippen molar-refractivity contribution in [3.05, 3.63) is 35.1 Å². The molecule has 1 atom stereocenters. The number of nitrogens with zero attached hydrogens (tertiary/aromatic N) is 2. The van der Waals surface area contributed by atoms with Gasteiger partial charge in [0.2, 0.25) is 0 Å². The number of nitrogens with two attached hydrogens (primary N) is 1. The van der Waals surface area contributed by atoms with Gasteiger partial charge in [0.1, 0.15) is 0 Å². The number of aryl methyl sites for hydroxylation is 2. The predicted molar refractivity (Wildman–Crippen MR) is 93.8 cm³/mol. The van der Waals surface area contributed by atoms with Gasteiger partial charge in [0, 0.05) is 13.0 Å². The Bertz CT molecular complexity index is 608. The maximum atomic E-state index is 5.75. The number of thiophene rings is 1. The summed E-state index contributed by atoms with van der Waals surface area (Å²) in [5, 5.41) is 4.52. The van der Waals surface area contributed by atoms with Crippen LogP contribution in [0.15, 0.2) is 18.1 Å². The second-order valence-electron chi connectivity index (χ2n) is 4.36. The van der Waals surface area contributed by atoms with E-state index in [0.717, 1.165) is 42.0 Å². The number of hydrogen-bond acceptors (Lipinski definition) is 4. The number of nitrogens with one attached hydrogen (secondary N) is 1. The van der Waals surface area contributed by atoms with Crippen molar-refractivity contribution in [2.75, 3.05) is 0 Å². The fourth-order valence-corrected chi connectivity index (χ4v) is 5.53. The highest BCUT2D eigenvalue weighted by Crippen LogP contribution is 2.37. The molecule has 0 bridgehead atoms. The summed E-state index contributed by atoms with van der Waals surface area (Å²) >= 11 is 12.4. The van der Waals surface area contributed by atoms with Gasteiger partial charge >= 0.3 is 0 Å². The van der Waals surface area contributed by atoms with Crippen LogP contribution in [0.5, 0.6) is 0 Å². The summed E-state index contributed by atoms with van der Waals surface area (Å²) in [6, 6.07) is 2.12. The van der Waals surface area contributed by atoms with Crippen LogP contribution in [0.25, 0.3) is 0 Å². The number of aromatic nitrogens is 2. The second-order valence-corrected chi connectivity index (χ2v) is 8.91. The van der Waals surface area contributed by atoms with Crippen molar-refractivity contribution in [2.45, 2.75) is 32.9 Å². The van der Waals surface area contributed by atoms with Crippen LogP contribution < -0.4 is 11.3 Å². The van der Waals surface area contributed by atoms with Crippen LogP contribution in [0.4, 0.5) is 0 Å². The number of hydrogen-bond donors (Lipinski definition) is 2. The Hall–Kier alpha value is 0.270. The molecule has 0 aliphatic rings. The molecule has 8 heteroatoms. The lowest BCUT2D eigenvalue weighted by atomic mass is 10.1. The van der Waals surface area contributed by atoms with Crippen molar-refractivity contribution in [1.82, 2.24) is 15.2 Å². The molecule has 2 aromatic heterocycles. The van der Waals surface area contributed by atoms with Crippen LogP contribution in [0, 0.1) is 6.92 Å². The summed E-state index contributed by atoms with van der Waals surface area (Å²) in [7, 11) is 0. The largest absolute Gasteiger partial charge is 0.271 e. The zero-order chi connectivity index (χ0) is 14.9. The van der Waals surface area contributed by atoms with E-state index < -0.39 is 0 Å². The first-order chi connectivity index (χ1) is 9.47. The third-order valence-electron chi connectivity index (χ3n) is 3.11. The zero-order valence-corrected chi connectivity index (χ0v) is 16.7. The molecule has 4 nitrogen and oxygen atoms in total. The molecule has 2 rings (SSSR count). The lowest BCUT2D eigenvalue weighted by molar-refractivity contribution is 0.516. The molecule has 0 aromatic carbocycles. The van der Waals surface area contributed by atoms with Gasteiger partial charge < -0.3 is 0 Å². The second kappa shape index (κ2) is 7.02. The van der Waals surface area contributed by atoms with E-state index in [1.807, 2.05) is 11.6 Å². The summed E-state index contributed by atoms with van der Waals surface area (Å²) in [5.41, 5.74) is 6.21. The molecule has 0 amide bonds. The van der Waals surface area contributed by atoms with Crippen molar-refractivity contribution in [3.8, 4) is 0 Å². The quantitative estimate of drug-likeness (QED) is 0.489. The van der Waals surface area contributed by atoms with Crippen LogP contribution in [0.2, 0.25) is 0 Å². The maximum Gasteiger partial charge on any atom is 0.0758 e. The highest BCUT2D eigenvalue weighted by Gasteiger charge is 2.21. The molecule has 2 heterocycles. The number of hydrazine groups is 1. The summed E-state index contributed by atoms with van der Waals surface area (Å²) < 4.78 is 5.24. The average Bonchev–Trinajstić information content (AvgIpc) is 2.88. The monoisotopic (exact) mass is 484 g/mol. The Morgan fingerprint density at radius 2 is 2.15 bits per heavy atom. The first kappa shape index (κ1) is 16.6. The molecule has 0 fully saturated rings. The standard InChI is InChI=1S/C12H15Br3N4S/c1-3-19-9(11(14)6(2)18-19)5-8(17-16)7-4-10(13)20-12(7)15/h4,8,17H,3,5,16H2,1-2H3. The van der Waals surface area contributed by atoms with Gasteiger partial charge in [-0.2, -0.15) is 5.10 Å². The lowest BCUT2D eigenvalue weighted by Gasteiger charge is -2.16. The van der Waals surface area contributed by atoms with E-state index in [9.17, 15) is 0 Å².